The number of piperazine rings is 1. The van der Waals surface area contributed by atoms with E-state index in [1.807, 2.05) is 30.5 Å². The first-order valence-corrected chi connectivity index (χ1v) is 12.7. The number of halogens is 1. The van der Waals surface area contributed by atoms with Gasteiger partial charge in [-0.15, -0.1) is 0 Å². The molecule has 4 heterocycles. The second kappa shape index (κ2) is 11.1. The Bertz CT molecular complexity index is 1430. The number of nitrogens with zero attached hydrogens (tertiary/aromatic N) is 9. The van der Waals surface area contributed by atoms with Crippen molar-refractivity contribution in [3.05, 3.63) is 54.1 Å². The lowest BCUT2D eigenvalue weighted by Crippen LogP contribution is -2.44. The lowest BCUT2D eigenvalue weighted by Gasteiger charge is -2.34. The molecule has 3 aromatic heterocycles. The van der Waals surface area contributed by atoms with Gasteiger partial charge in [-0.1, -0.05) is 12.1 Å². The zero-order valence-corrected chi connectivity index (χ0v) is 22.2. The predicted octanol–water partition coefficient (Wildman–Crippen LogP) is 3.45. The first-order chi connectivity index (χ1) is 18.4. The summed E-state index contributed by atoms with van der Waals surface area (Å²) in [5.41, 5.74) is 3.85. The third-order valence-electron chi connectivity index (χ3n) is 6.35. The largest absolute Gasteiger partial charge is 0.464 e. The monoisotopic (exact) mass is 517 g/mol. The number of anilines is 1. The topological polar surface area (TPSA) is 87.8 Å². The molecule has 0 spiro atoms. The Hall–Kier alpha value is -4.12. The number of hydrogen-bond donors (Lipinski definition) is 0. The molecule has 0 saturated carbocycles. The normalized spacial score (nSPS) is 14.5. The quantitative estimate of drug-likeness (QED) is 0.260. The number of imidazole rings is 1. The molecule has 1 aromatic carbocycles. The molecule has 1 aliphatic rings. The van der Waals surface area contributed by atoms with Crippen molar-refractivity contribution in [2.24, 2.45) is 4.99 Å². The van der Waals surface area contributed by atoms with E-state index in [-0.39, 0.29) is 6.01 Å². The molecule has 1 aliphatic heterocycles. The van der Waals surface area contributed by atoms with Gasteiger partial charge in [0.05, 0.1) is 25.7 Å². The summed E-state index contributed by atoms with van der Waals surface area (Å²) in [6.07, 6.45) is 4.42. The van der Waals surface area contributed by atoms with Crippen LogP contribution in [0.25, 0.3) is 22.6 Å². The molecule has 198 valence electrons. The summed E-state index contributed by atoms with van der Waals surface area (Å²) in [5.74, 6) is 0.464. The average molecular weight is 518 g/mol. The van der Waals surface area contributed by atoms with Crippen LogP contribution in [0, 0.1) is 5.82 Å². The maximum Gasteiger partial charge on any atom is 0.320 e. The zero-order valence-electron chi connectivity index (χ0n) is 22.2. The van der Waals surface area contributed by atoms with Gasteiger partial charge >= 0.3 is 6.01 Å². The maximum atomic E-state index is 14.2. The van der Waals surface area contributed by atoms with Crippen molar-refractivity contribution in [1.82, 2.24) is 34.3 Å². The van der Waals surface area contributed by atoms with Crippen LogP contribution >= 0.6 is 0 Å². The van der Waals surface area contributed by atoms with Gasteiger partial charge in [-0.2, -0.15) is 9.97 Å². The van der Waals surface area contributed by atoms with Crippen LogP contribution in [-0.2, 0) is 6.54 Å². The van der Waals surface area contributed by atoms with Crippen molar-refractivity contribution in [1.29, 1.82) is 0 Å². The van der Waals surface area contributed by atoms with Gasteiger partial charge in [-0.25, -0.2) is 14.4 Å². The van der Waals surface area contributed by atoms with E-state index in [0.717, 1.165) is 31.7 Å². The summed E-state index contributed by atoms with van der Waals surface area (Å²) in [4.78, 5) is 29.1. The van der Waals surface area contributed by atoms with Crippen LogP contribution in [0.1, 0.15) is 12.5 Å². The Balaban J connectivity index is 1.59. The lowest BCUT2D eigenvalue weighted by atomic mass is 10.1. The fraction of sp³-hybridized carbons (Fsp3) is 0.370. The van der Waals surface area contributed by atoms with Crippen LogP contribution in [0.2, 0.25) is 0 Å². The predicted molar refractivity (Wildman–Crippen MR) is 147 cm³/mol. The van der Waals surface area contributed by atoms with E-state index < -0.39 is 5.82 Å². The fourth-order valence-corrected chi connectivity index (χ4v) is 4.38. The third kappa shape index (κ3) is 5.57. The second-order valence-corrected chi connectivity index (χ2v) is 9.51. The van der Waals surface area contributed by atoms with Crippen molar-refractivity contribution >= 4 is 29.0 Å². The number of benzene rings is 1. The lowest BCUT2D eigenvalue weighted by molar-refractivity contribution is 0.313. The highest BCUT2D eigenvalue weighted by Crippen LogP contribution is 2.31. The van der Waals surface area contributed by atoms with E-state index in [0.29, 0.717) is 41.5 Å². The Labute approximate surface area is 221 Å². The summed E-state index contributed by atoms with van der Waals surface area (Å²) in [5, 5.41) is 0. The van der Waals surface area contributed by atoms with Gasteiger partial charge in [-0.3, -0.25) is 4.98 Å². The molecular weight excluding hydrogens is 485 g/mol. The highest BCUT2D eigenvalue weighted by molar-refractivity contribution is 5.87. The molecule has 1 fully saturated rings. The van der Waals surface area contributed by atoms with E-state index in [2.05, 4.69) is 61.1 Å². The summed E-state index contributed by atoms with van der Waals surface area (Å²) in [6.45, 7) is 6.86. The number of pyridine rings is 1. The third-order valence-corrected chi connectivity index (χ3v) is 6.35. The molecule has 11 heteroatoms. The van der Waals surface area contributed by atoms with Crippen LogP contribution in [0.5, 0.6) is 6.01 Å². The smallest absolute Gasteiger partial charge is 0.320 e. The van der Waals surface area contributed by atoms with Gasteiger partial charge in [0, 0.05) is 57.7 Å². The van der Waals surface area contributed by atoms with E-state index in [1.165, 1.54) is 18.0 Å². The van der Waals surface area contributed by atoms with Crippen LogP contribution in [0.3, 0.4) is 0 Å². The van der Waals surface area contributed by atoms with Crippen LogP contribution in [-0.4, -0.2) is 94.6 Å². The molecular formula is C27H32FN9O. The molecule has 5 rings (SSSR count). The van der Waals surface area contributed by atoms with Gasteiger partial charge in [0.1, 0.15) is 11.6 Å². The Morgan fingerprint density at radius 3 is 2.50 bits per heavy atom. The van der Waals surface area contributed by atoms with Gasteiger partial charge in [0.2, 0.25) is 0 Å². The number of aromatic nitrogens is 5. The highest BCUT2D eigenvalue weighted by atomic mass is 19.1. The van der Waals surface area contributed by atoms with E-state index in [9.17, 15) is 4.39 Å². The van der Waals surface area contributed by atoms with E-state index >= 15 is 0 Å². The molecule has 0 amide bonds. The van der Waals surface area contributed by atoms with Gasteiger partial charge in [-0.05, 0) is 37.7 Å². The van der Waals surface area contributed by atoms with E-state index in [1.54, 1.807) is 12.5 Å². The molecule has 38 heavy (non-hydrogen) atoms. The Morgan fingerprint density at radius 1 is 1.05 bits per heavy atom. The highest BCUT2D eigenvalue weighted by Gasteiger charge is 2.21. The molecule has 0 atom stereocenters. The molecule has 0 unspecified atom stereocenters. The number of fused-ring (bicyclic) bond motifs is 1. The Kier molecular flexibility index (Phi) is 7.45. The Morgan fingerprint density at radius 2 is 1.82 bits per heavy atom. The van der Waals surface area contributed by atoms with Crippen molar-refractivity contribution in [2.45, 2.75) is 13.5 Å². The van der Waals surface area contributed by atoms with Gasteiger partial charge in [0.25, 0.3) is 0 Å². The number of ether oxygens (including phenoxy) is 1. The van der Waals surface area contributed by atoms with Crippen LogP contribution < -0.4 is 9.64 Å². The molecule has 0 bridgehead atoms. The first-order valence-electron chi connectivity index (χ1n) is 12.7. The maximum absolute atomic E-state index is 14.2. The SMILES string of the molecule is CCOc1nc(N=CN(C)C)c2nc(-c3cncc(F)c3)n(Cc3ccc(N4CCN(C)CC4)cc3)c2n1. The summed E-state index contributed by atoms with van der Waals surface area (Å²) < 4.78 is 21.8. The zero-order chi connectivity index (χ0) is 26.6. The number of hydrogen-bond acceptors (Lipinski definition) is 8. The van der Waals surface area contributed by atoms with Crippen molar-refractivity contribution in [2.75, 3.05) is 58.8 Å². The molecule has 1 saturated heterocycles. The number of likely N-dealkylation sites (N-methyl/N-ethyl adjacent to an activating group) is 1. The van der Waals surface area contributed by atoms with Gasteiger partial charge < -0.3 is 24.0 Å². The number of rotatable bonds is 8. The van der Waals surface area contributed by atoms with Crippen LogP contribution in [0.4, 0.5) is 15.9 Å². The minimum atomic E-state index is -0.440. The van der Waals surface area contributed by atoms with Crippen LogP contribution in [0.15, 0.2) is 47.7 Å². The molecule has 4 aromatic rings. The molecule has 0 N–H and O–H groups in total. The fourth-order valence-electron chi connectivity index (χ4n) is 4.38. The van der Waals surface area contributed by atoms with Gasteiger partial charge in [0.15, 0.2) is 17.0 Å². The molecule has 10 nitrogen and oxygen atoms in total. The minimum absolute atomic E-state index is 0.210. The number of aliphatic imine (C=N–C) groups is 1. The summed E-state index contributed by atoms with van der Waals surface area (Å²) in [7, 11) is 5.90. The van der Waals surface area contributed by atoms with E-state index in [4.69, 9.17) is 9.72 Å². The molecule has 0 radical (unpaired) electrons. The minimum Gasteiger partial charge on any atom is -0.464 e. The first kappa shape index (κ1) is 25.5. The second-order valence-electron chi connectivity index (χ2n) is 9.51. The average Bonchev–Trinajstić information content (AvgIpc) is 3.27. The summed E-state index contributed by atoms with van der Waals surface area (Å²) in [6, 6.07) is 10.2. The standard InChI is InChI=1S/C27H32FN9O/c1-5-38-27-32-24(30-18-34(2)3)23-26(33-27)37(25(31-23)20-14-21(28)16-29-15-20)17-19-6-8-22(9-7-19)36-12-10-35(4)11-13-36/h6-9,14-16,18H,5,10-13,17H2,1-4H3. The van der Waals surface area contributed by atoms with Crippen molar-refractivity contribution in [3.63, 3.8) is 0 Å². The molecule has 0 aliphatic carbocycles. The van der Waals surface area contributed by atoms with Crippen molar-refractivity contribution in [3.8, 4) is 17.4 Å². The van der Waals surface area contributed by atoms with Crippen molar-refractivity contribution < 1.29 is 9.13 Å². The summed E-state index contributed by atoms with van der Waals surface area (Å²) >= 11 is 0.